The molecule has 3 atom stereocenters. The maximum atomic E-state index is 5.89. The van der Waals surface area contributed by atoms with Crippen LogP contribution in [-0.4, -0.2) is 42.9 Å². The van der Waals surface area contributed by atoms with E-state index in [0.717, 1.165) is 6.73 Å². The third-order valence-corrected chi connectivity index (χ3v) is 4.11. The molecular formula is C13H26N2O. The van der Waals surface area contributed by atoms with Gasteiger partial charge in [0.15, 0.2) is 0 Å². The minimum Gasteiger partial charge on any atom is -0.360 e. The van der Waals surface area contributed by atoms with E-state index in [9.17, 15) is 0 Å². The van der Waals surface area contributed by atoms with Gasteiger partial charge >= 0.3 is 0 Å². The van der Waals surface area contributed by atoms with Gasteiger partial charge in [-0.2, -0.15) is 0 Å². The van der Waals surface area contributed by atoms with E-state index in [1.165, 1.54) is 32.4 Å². The zero-order valence-electron chi connectivity index (χ0n) is 10.9. The number of nitrogens with zero attached hydrogens (tertiary/aromatic N) is 1. The van der Waals surface area contributed by atoms with Gasteiger partial charge in [-0.1, -0.05) is 20.3 Å². The molecule has 0 aliphatic carbocycles. The summed E-state index contributed by atoms with van der Waals surface area (Å²) < 4.78 is 5.89. The number of likely N-dealkylation sites (tertiary alicyclic amines) is 1. The predicted octanol–water partition coefficient (Wildman–Crippen LogP) is 1.83. The van der Waals surface area contributed by atoms with Crippen LogP contribution < -0.4 is 5.32 Å². The van der Waals surface area contributed by atoms with Crippen molar-refractivity contribution in [2.75, 3.05) is 19.8 Å². The predicted molar refractivity (Wildman–Crippen MR) is 66.4 cm³/mol. The average molecular weight is 226 g/mol. The molecule has 2 fully saturated rings. The molecule has 0 aromatic rings. The first kappa shape index (κ1) is 12.3. The Morgan fingerprint density at radius 3 is 2.44 bits per heavy atom. The van der Waals surface area contributed by atoms with E-state index >= 15 is 0 Å². The molecule has 0 radical (unpaired) electrons. The Labute approximate surface area is 99.5 Å². The molecule has 16 heavy (non-hydrogen) atoms. The molecule has 0 aromatic carbocycles. The number of nitrogens with one attached hydrogen (secondary N) is 1. The van der Waals surface area contributed by atoms with Gasteiger partial charge in [-0.05, 0) is 38.8 Å². The Morgan fingerprint density at radius 1 is 1.12 bits per heavy atom. The highest BCUT2D eigenvalue weighted by Crippen LogP contribution is 2.23. The minimum absolute atomic E-state index is 0.373. The lowest BCUT2D eigenvalue weighted by atomic mass is 9.93. The van der Waals surface area contributed by atoms with Crippen molar-refractivity contribution in [3.05, 3.63) is 0 Å². The molecule has 94 valence electrons. The molecule has 3 nitrogen and oxygen atoms in total. The van der Waals surface area contributed by atoms with E-state index in [1.807, 2.05) is 0 Å². The van der Waals surface area contributed by atoms with Crippen LogP contribution in [0.15, 0.2) is 0 Å². The summed E-state index contributed by atoms with van der Waals surface area (Å²) in [6, 6.07) is 1.08. The van der Waals surface area contributed by atoms with Crippen LogP contribution in [0.1, 0.15) is 40.0 Å². The molecule has 2 aliphatic rings. The van der Waals surface area contributed by atoms with Gasteiger partial charge in [-0.15, -0.1) is 0 Å². The monoisotopic (exact) mass is 226 g/mol. The molecule has 2 aliphatic heterocycles. The van der Waals surface area contributed by atoms with E-state index in [-0.39, 0.29) is 0 Å². The molecule has 0 aromatic heterocycles. The standard InChI is InChI=1S/C13H26N2O/c1-10(2)12-13(16-9-14-12)11(3)15-7-5-4-6-8-15/h10-14H,4-9H2,1-3H3. The van der Waals surface area contributed by atoms with E-state index in [0.29, 0.717) is 24.1 Å². The van der Waals surface area contributed by atoms with Gasteiger partial charge in [0.05, 0.1) is 12.8 Å². The van der Waals surface area contributed by atoms with Crippen molar-refractivity contribution in [3.8, 4) is 0 Å². The van der Waals surface area contributed by atoms with Crippen molar-refractivity contribution in [1.82, 2.24) is 10.2 Å². The third kappa shape index (κ3) is 2.58. The van der Waals surface area contributed by atoms with Gasteiger partial charge in [0.2, 0.25) is 0 Å². The van der Waals surface area contributed by atoms with E-state index < -0.39 is 0 Å². The summed E-state index contributed by atoms with van der Waals surface area (Å²) in [5.41, 5.74) is 0. The van der Waals surface area contributed by atoms with Crippen LogP contribution >= 0.6 is 0 Å². The molecule has 2 rings (SSSR count). The number of piperidine rings is 1. The quantitative estimate of drug-likeness (QED) is 0.794. The highest BCUT2D eigenvalue weighted by molar-refractivity contribution is 4.91. The smallest absolute Gasteiger partial charge is 0.0973 e. The second kappa shape index (κ2) is 5.48. The maximum Gasteiger partial charge on any atom is 0.0973 e. The van der Waals surface area contributed by atoms with Crippen LogP contribution in [0, 0.1) is 5.92 Å². The van der Waals surface area contributed by atoms with E-state index in [4.69, 9.17) is 4.74 Å². The van der Waals surface area contributed by atoms with Gasteiger partial charge in [-0.3, -0.25) is 10.2 Å². The summed E-state index contributed by atoms with van der Waals surface area (Å²) in [4.78, 5) is 2.61. The second-order valence-corrected chi connectivity index (χ2v) is 5.59. The number of hydrogen-bond donors (Lipinski definition) is 1. The number of ether oxygens (including phenoxy) is 1. The van der Waals surface area contributed by atoms with Gasteiger partial charge < -0.3 is 4.74 Å². The fourth-order valence-electron chi connectivity index (χ4n) is 3.05. The summed E-state index contributed by atoms with van der Waals surface area (Å²) in [5, 5.41) is 3.48. The second-order valence-electron chi connectivity index (χ2n) is 5.59. The molecule has 2 heterocycles. The largest absolute Gasteiger partial charge is 0.360 e. The Morgan fingerprint density at radius 2 is 1.81 bits per heavy atom. The highest BCUT2D eigenvalue weighted by atomic mass is 16.5. The normalized spacial score (nSPS) is 34.5. The molecule has 0 spiro atoms. The van der Waals surface area contributed by atoms with Crippen molar-refractivity contribution >= 4 is 0 Å². The van der Waals surface area contributed by atoms with Gasteiger partial charge in [-0.25, -0.2) is 0 Å². The summed E-state index contributed by atoms with van der Waals surface area (Å²) >= 11 is 0. The number of rotatable bonds is 3. The third-order valence-electron chi connectivity index (χ3n) is 4.11. The molecular weight excluding hydrogens is 200 g/mol. The van der Waals surface area contributed by atoms with Crippen molar-refractivity contribution in [1.29, 1.82) is 0 Å². The topological polar surface area (TPSA) is 24.5 Å². The first-order valence-corrected chi connectivity index (χ1v) is 6.79. The van der Waals surface area contributed by atoms with Crippen LogP contribution in [0.3, 0.4) is 0 Å². The van der Waals surface area contributed by atoms with Crippen LogP contribution in [0.4, 0.5) is 0 Å². The van der Waals surface area contributed by atoms with Gasteiger partial charge in [0.1, 0.15) is 0 Å². The fraction of sp³-hybridized carbons (Fsp3) is 1.00. The molecule has 3 heteroatoms. The van der Waals surface area contributed by atoms with Crippen LogP contribution in [0.25, 0.3) is 0 Å². The summed E-state index contributed by atoms with van der Waals surface area (Å²) in [5.74, 6) is 0.653. The molecule has 0 bridgehead atoms. The lowest BCUT2D eigenvalue weighted by molar-refractivity contribution is 0.0126. The average Bonchev–Trinajstić information content (AvgIpc) is 2.78. The highest BCUT2D eigenvalue weighted by Gasteiger charge is 2.36. The van der Waals surface area contributed by atoms with E-state index in [2.05, 4.69) is 31.0 Å². The summed E-state index contributed by atoms with van der Waals surface area (Å²) in [6.45, 7) is 10.1. The van der Waals surface area contributed by atoms with E-state index in [1.54, 1.807) is 0 Å². The van der Waals surface area contributed by atoms with Crippen LogP contribution in [0.2, 0.25) is 0 Å². The summed E-state index contributed by atoms with van der Waals surface area (Å²) in [7, 11) is 0. The Bertz CT molecular complexity index is 214. The van der Waals surface area contributed by atoms with Crippen molar-refractivity contribution in [2.24, 2.45) is 5.92 Å². The Balaban J connectivity index is 1.94. The Kier molecular flexibility index (Phi) is 4.22. The Hall–Kier alpha value is -0.120. The first-order chi connectivity index (χ1) is 7.70. The van der Waals surface area contributed by atoms with Crippen molar-refractivity contribution in [3.63, 3.8) is 0 Å². The van der Waals surface area contributed by atoms with Crippen LogP contribution in [0.5, 0.6) is 0 Å². The lowest BCUT2D eigenvalue weighted by Crippen LogP contribution is -2.50. The lowest BCUT2D eigenvalue weighted by Gasteiger charge is -2.37. The van der Waals surface area contributed by atoms with Crippen molar-refractivity contribution < 1.29 is 4.74 Å². The fourth-order valence-corrected chi connectivity index (χ4v) is 3.05. The SMILES string of the molecule is CC(C)C1NCOC1C(C)N1CCCCC1. The number of hydrogen-bond acceptors (Lipinski definition) is 3. The van der Waals surface area contributed by atoms with Gasteiger partial charge in [0, 0.05) is 12.1 Å². The van der Waals surface area contributed by atoms with Gasteiger partial charge in [0.25, 0.3) is 0 Å². The minimum atomic E-state index is 0.373. The molecule has 3 unspecified atom stereocenters. The zero-order valence-corrected chi connectivity index (χ0v) is 10.9. The molecule has 0 saturated carbocycles. The van der Waals surface area contributed by atoms with Crippen LogP contribution in [-0.2, 0) is 4.74 Å². The zero-order chi connectivity index (χ0) is 11.5. The molecule has 0 amide bonds. The first-order valence-electron chi connectivity index (χ1n) is 6.79. The summed E-state index contributed by atoms with van der Waals surface area (Å²) in [6.07, 6.45) is 4.49. The van der Waals surface area contributed by atoms with Crippen molar-refractivity contribution in [2.45, 2.75) is 58.2 Å². The molecule has 1 N–H and O–H groups in total. The maximum absolute atomic E-state index is 5.89. The molecule has 2 saturated heterocycles.